The minimum Gasteiger partial charge on any atom is -0.351 e. The lowest BCUT2D eigenvalue weighted by Gasteiger charge is -2.34. The number of hydrogen-bond acceptors (Lipinski definition) is 4. The number of carbonyl (C=O) groups excluding carboxylic acids is 2. The van der Waals surface area contributed by atoms with Gasteiger partial charge >= 0.3 is 0 Å². The van der Waals surface area contributed by atoms with E-state index in [0.29, 0.717) is 13.0 Å². The minimum absolute atomic E-state index is 0.0163. The maximum Gasteiger partial charge on any atom is 0.247 e. The molecule has 1 saturated carbocycles. The second-order valence-electron chi connectivity index (χ2n) is 9.65. The van der Waals surface area contributed by atoms with Crippen LogP contribution in [0.2, 0.25) is 0 Å². The molecule has 1 aromatic carbocycles. The molecular weight excluding hydrogens is 424 g/mol. The van der Waals surface area contributed by atoms with E-state index in [4.69, 9.17) is 0 Å². The average Bonchev–Trinajstić information content (AvgIpc) is 3.27. The number of benzene rings is 1. The third kappa shape index (κ3) is 5.72. The average molecular weight is 461 g/mol. The Morgan fingerprint density at radius 3 is 2.65 bits per heavy atom. The summed E-state index contributed by atoms with van der Waals surface area (Å²) in [5.74, 6) is -0.0355. The summed E-state index contributed by atoms with van der Waals surface area (Å²) in [6, 6.07) is 9.21. The van der Waals surface area contributed by atoms with Crippen LogP contribution in [0.25, 0.3) is 0 Å². The van der Waals surface area contributed by atoms with Crippen LogP contribution < -0.4 is 5.32 Å². The van der Waals surface area contributed by atoms with E-state index < -0.39 is 6.04 Å². The Morgan fingerprint density at radius 1 is 1.15 bits per heavy atom. The summed E-state index contributed by atoms with van der Waals surface area (Å²) < 4.78 is 0. The first-order chi connectivity index (χ1) is 16.6. The lowest BCUT2D eigenvalue weighted by molar-refractivity contribution is -0.141. The van der Waals surface area contributed by atoms with Crippen molar-refractivity contribution in [3.8, 4) is 0 Å². The minimum atomic E-state index is -0.667. The van der Waals surface area contributed by atoms with Gasteiger partial charge in [0.05, 0.1) is 0 Å². The molecule has 4 unspecified atom stereocenters. The molecule has 1 N–H and O–H groups in total. The first-order valence-electron chi connectivity index (χ1n) is 12.6. The summed E-state index contributed by atoms with van der Waals surface area (Å²) >= 11 is 0. The normalized spacial score (nSPS) is 25.1. The number of nitrogens with one attached hydrogen (secondary N) is 1. The zero-order valence-corrected chi connectivity index (χ0v) is 20.3. The van der Waals surface area contributed by atoms with Crippen molar-refractivity contribution in [2.45, 2.75) is 70.6 Å². The number of amides is 2. The summed E-state index contributed by atoms with van der Waals surface area (Å²) in [5, 5.41) is 3.27. The number of nitrogens with zero attached hydrogens (tertiary/aromatic N) is 3. The molecule has 3 aliphatic rings. The lowest BCUT2D eigenvalue weighted by atomic mass is 9.88. The predicted molar refractivity (Wildman–Crippen MR) is 137 cm³/mol. The van der Waals surface area contributed by atoms with Gasteiger partial charge in [0.1, 0.15) is 12.2 Å². The Hall–Kier alpha value is -3.02. The molecule has 2 heterocycles. The van der Waals surface area contributed by atoms with Crippen LogP contribution in [0, 0.1) is 11.8 Å². The Balaban J connectivity index is 1.59. The number of rotatable bonds is 8. The van der Waals surface area contributed by atoms with Gasteiger partial charge in [-0.15, -0.1) is 0 Å². The maximum absolute atomic E-state index is 13.8. The second-order valence-corrected chi connectivity index (χ2v) is 9.65. The molecule has 1 aliphatic carbocycles. The fourth-order valence-electron chi connectivity index (χ4n) is 5.14. The highest BCUT2D eigenvalue weighted by molar-refractivity contribution is 5.90. The van der Waals surface area contributed by atoms with Crippen LogP contribution >= 0.6 is 0 Å². The van der Waals surface area contributed by atoms with Crippen molar-refractivity contribution in [1.29, 1.82) is 0 Å². The van der Waals surface area contributed by atoms with Crippen molar-refractivity contribution in [2.75, 3.05) is 6.54 Å². The maximum atomic E-state index is 13.8. The van der Waals surface area contributed by atoms with Crippen LogP contribution in [0.4, 0.5) is 0 Å². The number of fused-ring (bicyclic) bond motifs is 1. The Labute approximate surface area is 202 Å². The van der Waals surface area contributed by atoms with Gasteiger partial charge in [0.2, 0.25) is 11.8 Å². The van der Waals surface area contributed by atoms with Gasteiger partial charge in [0, 0.05) is 43.3 Å². The summed E-state index contributed by atoms with van der Waals surface area (Å²) in [7, 11) is 0. The molecule has 0 bridgehead atoms. The number of carbonyl (C=O) groups is 2. The summed E-state index contributed by atoms with van der Waals surface area (Å²) in [6.07, 6.45) is 15.4. The zero-order valence-electron chi connectivity index (χ0n) is 20.3. The smallest absolute Gasteiger partial charge is 0.247 e. The third-order valence-electron chi connectivity index (χ3n) is 7.20. The molecule has 2 amide bonds. The van der Waals surface area contributed by atoms with E-state index >= 15 is 0 Å². The summed E-state index contributed by atoms with van der Waals surface area (Å²) in [6.45, 7) is 4.39. The lowest BCUT2D eigenvalue weighted by Crippen LogP contribution is -2.48. The van der Waals surface area contributed by atoms with E-state index in [0.717, 1.165) is 36.8 Å². The Morgan fingerprint density at radius 2 is 1.91 bits per heavy atom. The third-order valence-corrected chi connectivity index (χ3v) is 7.20. The molecule has 2 aliphatic heterocycles. The summed E-state index contributed by atoms with van der Waals surface area (Å²) in [5.41, 5.74) is 1.90. The molecule has 1 fully saturated rings. The largest absolute Gasteiger partial charge is 0.351 e. The van der Waals surface area contributed by atoms with E-state index in [2.05, 4.69) is 21.4 Å². The molecular formula is C28H36N4O2. The topological polar surface area (TPSA) is 74.1 Å². The van der Waals surface area contributed by atoms with E-state index in [1.807, 2.05) is 62.5 Å². The number of aliphatic imine (C=N–C) groups is 2. The van der Waals surface area contributed by atoms with Crippen molar-refractivity contribution in [1.82, 2.24) is 10.2 Å². The van der Waals surface area contributed by atoms with E-state index in [1.165, 1.54) is 6.42 Å². The van der Waals surface area contributed by atoms with Gasteiger partial charge in [-0.25, -0.2) is 0 Å². The van der Waals surface area contributed by atoms with Gasteiger partial charge in [-0.3, -0.25) is 19.6 Å². The highest BCUT2D eigenvalue weighted by atomic mass is 16.2. The van der Waals surface area contributed by atoms with Crippen molar-refractivity contribution in [3.05, 3.63) is 59.7 Å². The SMILES string of the molecule is CC=C(C)CN(C(=O)CC1C=NC2N=CC=CC12)C(C(=O)NC1CCCCC1)c1ccccc1. The van der Waals surface area contributed by atoms with Gasteiger partial charge in [-0.05, 0) is 38.3 Å². The van der Waals surface area contributed by atoms with Gasteiger partial charge < -0.3 is 10.2 Å². The molecule has 34 heavy (non-hydrogen) atoms. The van der Waals surface area contributed by atoms with Crippen molar-refractivity contribution in [3.63, 3.8) is 0 Å². The highest BCUT2D eigenvalue weighted by Gasteiger charge is 2.37. The number of hydrogen-bond donors (Lipinski definition) is 1. The highest BCUT2D eigenvalue weighted by Crippen LogP contribution is 2.32. The first-order valence-corrected chi connectivity index (χ1v) is 12.6. The van der Waals surface area contributed by atoms with Gasteiger partial charge in [-0.2, -0.15) is 0 Å². The predicted octanol–water partition coefficient (Wildman–Crippen LogP) is 4.65. The van der Waals surface area contributed by atoms with Crippen LogP contribution in [0.1, 0.15) is 64.0 Å². The molecule has 180 valence electrons. The Bertz CT molecular complexity index is 975. The van der Waals surface area contributed by atoms with Crippen LogP contribution in [0.15, 0.2) is 64.1 Å². The first kappa shape index (κ1) is 24.1. The van der Waals surface area contributed by atoms with Crippen molar-refractivity contribution < 1.29 is 9.59 Å². The zero-order chi connectivity index (χ0) is 23.9. The molecule has 4 atom stereocenters. The fraction of sp³-hybridized carbons (Fsp3) is 0.500. The monoisotopic (exact) mass is 460 g/mol. The molecule has 6 heteroatoms. The van der Waals surface area contributed by atoms with E-state index in [9.17, 15) is 9.59 Å². The van der Waals surface area contributed by atoms with E-state index in [1.54, 1.807) is 11.1 Å². The molecule has 0 spiro atoms. The Kier molecular flexibility index (Phi) is 8.09. The fourth-order valence-corrected chi connectivity index (χ4v) is 5.14. The van der Waals surface area contributed by atoms with Crippen LogP contribution in [0.5, 0.6) is 0 Å². The molecule has 0 aromatic heterocycles. The molecule has 0 radical (unpaired) electrons. The molecule has 4 rings (SSSR count). The molecule has 0 saturated heterocycles. The quantitative estimate of drug-likeness (QED) is 0.574. The second kappa shape index (κ2) is 11.4. The molecule has 1 aromatic rings. The summed E-state index contributed by atoms with van der Waals surface area (Å²) in [4.78, 5) is 38.2. The van der Waals surface area contributed by atoms with Crippen LogP contribution in [-0.4, -0.2) is 47.9 Å². The molecule has 6 nitrogen and oxygen atoms in total. The van der Waals surface area contributed by atoms with Crippen LogP contribution in [-0.2, 0) is 9.59 Å². The van der Waals surface area contributed by atoms with E-state index in [-0.39, 0.29) is 35.9 Å². The van der Waals surface area contributed by atoms with Gasteiger partial charge in [0.25, 0.3) is 0 Å². The number of dihydropyridines is 1. The number of allylic oxidation sites excluding steroid dienone is 2. The van der Waals surface area contributed by atoms with Gasteiger partial charge in [-0.1, -0.05) is 67.3 Å². The van der Waals surface area contributed by atoms with Crippen molar-refractivity contribution in [2.24, 2.45) is 21.8 Å². The van der Waals surface area contributed by atoms with Crippen molar-refractivity contribution >= 4 is 24.2 Å². The van der Waals surface area contributed by atoms with Crippen LogP contribution in [0.3, 0.4) is 0 Å². The van der Waals surface area contributed by atoms with Gasteiger partial charge in [0.15, 0.2) is 0 Å². The standard InChI is InChI=1S/C28H36N4O2/c1-3-20(2)19-32(25(33)17-22-18-30-27-24(22)15-10-16-29-27)26(21-11-6-4-7-12-21)28(34)31-23-13-8-5-9-14-23/h3-4,6-7,10-12,15-16,18,22-24,26-27H,5,8-9,13-14,17,19H2,1-2H3,(H,31,34).